The van der Waals surface area contributed by atoms with Crippen molar-refractivity contribution in [1.29, 1.82) is 5.26 Å². The first kappa shape index (κ1) is 19.8. The average Bonchev–Trinajstić information content (AvgIpc) is 3.17. The third kappa shape index (κ3) is 3.94. The van der Waals surface area contributed by atoms with Crippen LogP contribution in [0.3, 0.4) is 0 Å². The summed E-state index contributed by atoms with van der Waals surface area (Å²) in [6, 6.07) is 14.4. The highest BCUT2D eigenvalue weighted by Gasteiger charge is 2.31. The molecule has 158 valence electrons. The molecule has 1 atom stereocenters. The number of fused-ring (bicyclic) bond motifs is 2. The fourth-order valence-electron chi connectivity index (χ4n) is 5.00. The maximum absolute atomic E-state index is 12.8. The van der Waals surface area contributed by atoms with Gasteiger partial charge in [-0.2, -0.15) is 5.26 Å². The topological polar surface area (TPSA) is 73.6 Å². The molecule has 0 aromatic heterocycles. The number of carbonyl (C=O) groups is 2. The second-order valence-corrected chi connectivity index (χ2v) is 8.66. The van der Waals surface area contributed by atoms with E-state index in [1.165, 1.54) is 11.1 Å². The fraction of sp³-hybridized carbons (Fsp3) is 0.400. The smallest absolute Gasteiger partial charge is 0.338 e. The molecule has 0 saturated carbocycles. The van der Waals surface area contributed by atoms with E-state index in [2.05, 4.69) is 17.0 Å². The van der Waals surface area contributed by atoms with Gasteiger partial charge in [-0.3, -0.25) is 9.69 Å². The Hall–Kier alpha value is -3.17. The Morgan fingerprint density at radius 2 is 1.97 bits per heavy atom. The van der Waals surface area contributed by atoms with Crippen LogP contribution in [0.15, 0.2) is 36.4 Å². The lowest BCUT2D eigenvalue weighted by Crippen LogP contribution is -2.54. The number of hydrogen-bond donors (Lipinski definition) is 0. The summed E-state index contributed by atoms with van der Waals surface area (Å²) in [5, 5.41) is 9.10. The van der Waals surface area contributed by atoms with Crippen LogP contribution < -0.4 is 0 Å². The number of aryl methyl sites for hydroxylation is 1. The molecule has 3 aliphatic rings. The van der Waals surface area contributed by atoms with Crippen molar-refractivity contribution in [1.82, 2.24) is 9.80 Å². The molecule has 1 unspecified atom stereocenters. The van der Waals surface area contributed by atoms with Crippen molar-refractivity contribution >= 4 is 11.9 Å². The van der Waals surface area contributed by atoms with Gasteiger partial charge in [0, 0.05) is 31.2 Å². The summed E-state index contributed by atoms with van der Waals surface area (Å²) in [5.74, 6) is -0.0553. The predicted molar refractivity (Wildman–Crippen MR) is 114 cm³/mol. The number of esters is 1. The lowest BCUT2D eigenvalue weighted by atomic mass is 9.86. The minimum Gasteiger partial charge on any atom is -0.457 e. The van der Waals surface area contributed by atoms with Gasteiger partial charge in [-0.25, -0.2) is 4.79 Å². The van der Waals surface area contributed by atoms with Crippen LogP contribution in [0.4, 0.5) is 0 Å². The predicted octanol–water partition coefficient (Wildman–Crippen LogP) is 2.47. The van der Waals surface area contributed by atoms with Crippen LogP contribution in [0.25, 0.3) is 0 Å². The molecule has 2 aromatic carbocycles. The number of cyclic esters (lactones) is 1. The molecule has 0 bridgehead atoms. The number of benzene rings is 2. The normalized spacial score (nSPS) is 20.7. The van der Waals surface area contributed by atoms with Gasteiger partial charge in [0.05, 0.1) is 23.7 Å². The van der Waals surface area contributed by atoms with Gasteiger partial charge in [0.15, 0.2) is 0 Å². The molecule has 1 aliphatic carbocycles. The minimum atomic E-state index is -0.247. The lowest BCUT2D eigenvalue weighted by Gasteiger charge is -2.40. The first-order chi connectivity index (χ1) is 15.1. The van der Waals surface area contributed by atoms with Crippen molar-refractivity contribution in [2.75, 3.05) is 26.2 Å². The van der Waals surface area contributed by atoms with Crippen molar-refractivity contribution in [2.45, 2.75) is 38.3 Å². The highest BCUT2D eigenvalue weighted by molar-refractivity contribution is 5.93. The van der Waals surface area contributed by atoms with Gasteiger partial charge < -0.3 is 9.64 Å². The molecule has 0 spiro atoms. The van der Waals surface area contributed by atoms with Crippen molar-refractivity contribution in [3.63, 3.8) is 0 Å². The van der Waals surface area contributed by atoms with Gasteiger partial charge in [0.2, 0.25) is 5.91 Å². The van der Waals surface area contributed by atoms with Gasteiger partial charge >= 0.3 is 5.97 Å². The van der Waals surface area contributed by atoms with E-state index in [0.717, 1.165) is 55.5 Å². The maximum atomic E-state index is 12.8. The minimum absolute atomic E-state index is 0.191. The van der Waals surface area contributed by atoms with Gasteiger partial charge in [-0.05, 0) is 60.6 Å². The van der Waals surface area contributed by atoms with E-state index in [-0.39, 0.29) is 11.9 Å². The SMILES string of the molecule is N#Cc1ccc2c(c1)CCC(N1CCN(CCc3ccc4c(c3)COC4=O)C(=O)C1)C2. The second kappa shape index (κ2) is 8.16. The summed E-state index contributed by atoms with van der Waals surface area (Å²) in [4.78, 5) is 28.7. The molecule has 6 heteroatoms. The quantitative estimate of drug-likeness (QED) is 0.718. The van der Waals surface area contributed by atoms with Crippen molar-refractivity contribution in [3.8, 4) is 6.07 Å². The van der Waals surface area contributed by atoms with E-state index in [4.69, 9.17) is 10.00 Å². The van der Waals surface area contributed by atoms with Crippen LogP contribution in [0.1, 0.15) is 44.6 Å². The summed E-state index contributed by atoms with van der Waals surface area (Å²) < 4.78 is 5.07. The lowest BCUT2D eigenvalue weighted by molar-refractivity contribution is -0.137. The fourth-order valence-corrected chi connectivity index (χ4v) is 5.00. The highest BCUT2D eigenvalue weighted by Crippen LogP contribution is 2.27. The van der Waals surface area contributed by atoms with Gasteiger partial charge in [-0.15, -0.1) is 0 Å². The number of rotatable bonds is 4. The first-order valence-corrected chi connectivity index (χ1v) is 10.9. The van der Waals surface area contributed by atoms with Crippen LogP contribution in [0, 0.1) is 11.3 Å². The Morgan fingerprint density at radius 3 is 2.81 bits per heavy atom. The summed E-state index contributed by atoms with van der Waals surface area (Å²) in [5.41, 5.74) is 6.05. The maximum Gasteiger partial charge on any atom is 0.338 e. The number of hydrogen-bond acceptors (Lipinski definition) is 5. The molecule has 31 heavy (non-hydrogen) atoms. The number of piperazine rings is 1. The molecular formula is C25H25N3O3. The molecule has 1 amide bonds. The number of amides is 1. The van der Waals surface area contributed by atoms with Crippen LogP contribution in [-0.2, 0) is 35.4 Å². The number of carbonyl (C=O) groups excluding carboxylic acids is 2. The van der Waals surface area contributed by atoms with Crippen molar-refractivity contribution in [2.24, 2.45) is 0 Å². The number of nitrogens with zero attached hydrogens (tertiary/aromatic N) is 3. The first-order valence-electron chi connectivity index (χ1n) is 10.9. The van der Waals surface area contributed by atoms with Gasteiger partial charge in [0.1, 0.15) is 6.61 Å². The Morgan fingerprint density at radius 1 is 1.06 bits per heavy atom. The molecule has 0 radical (unpaired) electrons. The summed E-state index contributed by atoms with van der Waals surface area (Å²) in [7, 11) is 0. The van der Waals surface area contributed by atoms with E-state index >= 15 is 0 Å². The zero-order chi connectivity index (χ0) is 21.4. The summed E-state index contributed by atoms with van der Waals surface area (Å²) >= 11 is 0. The van der Waals surface area contributed by atoms with Crippen molar-refractivity contribution < 1.29 is 14.3 Å². The molecule has 1 fully saturated rings. The Labute approximate surface area is 182 Å². The Bertz CT molecular complexity index is 1090. The monoisotopic (exact) mass is 415 g/mol. The average molecular weight is 415 g/mol. The second-order valence-electron chi connectivity index (χ2n) is 8.66. The van der Waals surface area contributed by atoms with E-state index in [1.807, 2.05) is 35.2 Å². The molecule has 5 rings (SSSR count). The largest absolute Gasteiger partial charge is 0.457 e. The molecule has 2 aromatic rings. The Kier molecular flexibility index (Phi) is 5.21. The third-order valence-corrected chi connectivity index (χ3v) is 6.82. The zero-order valence-electron chi connectivity index (χ0n) is 17.5. The van der Waals surface area contributed by atoms with Gasteiger partial charge in [0.25, 0.3) is 0 Å². The molecule has 1 saturated heterocycles. The third-order valence-electron chi connectivity index (χ3n) is 6.82. The van der Waals surface area contributed by atoms with Crippen LogP contribution in [0.2, 0.25) is 0 Å². The van der Waals surface area contributed by atoms with E-state index in [1.54, 1.807) is 0 Å². The van der Waals surface area contributed by atoms with E-state index < -0.39 is 0 Å². The molecule has 6 nitrogen and oxygen atoms in total. The van der Waals surface area contributed by atoms with E-state index in [0.29, 0.717) is 31.3 Å². The van der Waals surface area contributed by atoms with Crippen molar-refractivity contribution in [3.05, 3.63) is 69.8 Å². The molecule has 2 heterocycles. The highest BCUT2D eigenvalue weighted by atomic mass is 16.5. The zero-order valence-corrected chi connectivity index (χ0v) is 17.5. The van der Waals surface area contributed by atoms with Crippen LogP contribution in [0.5, 0.6) is 0 Å². The Balaban J connectivity index is 1.16. The number of nitriles is 1. The summed E-state index contributed by atoms with van der Waals surface area (Å²) in [6.45, 7) is 3.17. The standard InChI is InChI=1S/C25H25N3O3/c26-14-18-1-3-20-13-22(5-4-19(20)12-18)28-10-9-27(24(29)15-28)8-7-17-2-6-23-21(11-17)16-31-25(23)30/h1-3,6,11-12,22H,4-5,7-10,13,15-16H2. The molecule has 2 aliphatic heterocycles. The van der Waals surface area contributed by atoms with E-state index in [9.17, 15) is 9.59 Å². The number of ether oxygens (including phenoxy) is 1. The van der Waals surface area contributed by atoms with Crippen LogP contribution >= 0.6 is 0 Å². The summed E-state index contributed by atoms with van der Waals surface area (Å²) in [6.07, 6.45) is 3.73. The van der Waals surface area contributed by atoms with Crippen LogP contribution in [-0.4, -0.2) is 53.9 Å². The van der Waals surface area contributed by atoms with Gasteiger partial charge in [-0.1, -0.05) is 18.2 Å². The molecular weight excluding hydrogens is 390 g/mol. The molecule has 0 N–H and O–H groups in total.